The van der Waals surface area contributed by atoms with Crippen LogP contribution in [-0.4, -0.2) is 9.97 Å². The number of nitrogen functional groups attached to an aromatic ring is 1. The van der Waals surface area contributed by atoms with E-state index < -0.39 is 0 Å². The first kappa shape index (κ1) is 17.6. The first-order chi connectivity index (χ1) is 12.0. The van der Waals surface area contributed by atoms with Crippen LogP contribution in [0.15, 0.2) is 42.7 Å². The molecule has 1 aromatic heterocycles. The van der Waals surface area contributed by atoms with Gasteiger partial charge in [-0.2, -0.15) is 0 Å². The lowest BCUT2D eigenvalue weighted by Gasteiger charge is -2.15. The molecule has 0 spiro atoms. The van der Waals surface area contributed by atoms with E-state index in [1.807, 2.05) is 25.1 Å². The molecular formula is C17H14Cl3N5. The van der Waals surface area contributed by atoms with Crippen molar-refractivity contribution in [3.8, 4) is 0 Å². The van der Waals surface area contributed by atoms with E-state index in [2.05, 4.69) is 20.6 Å². The fourth-order valence-electron chi connectivity index (χ4n) is 2.19. The SMILES string of the molecule is Cc1c(Cl)cccc1Nc1ncnc(Nc2cc(Cl)ccc2Cl)c1N. The molecule has 5 nitrogen and oxygen atoms in total. The number of benzene rings is 2. The highest BCUT2D eigenvalue weighted by Gasteiger charge is 2.12. The summed E-state index contributed by atoms with van der Waals surface area (Å²) in [5, 5.41) is 7.95. The third-order valence-corrected chi connectivity index (χ3v) is 4.56. The van der Waals surface area contributed by atoms with Crippen LogP contribution in [0.5, 0.6) is 0 Å². The Bertz CT molecular complexity index is 908. The second-order valence-corrected chi connectivity index (χ2v) is 6.52. The largest absolute Gasteiger partial charge is 0.393 e. The molecule has 0 atom stereocenters. The minimum atomic E-state index is 0.345. The van der Waals surface area contributed by atoms with Crippen molar-refractivity contribution >= 4 is 63.5 Å². The molecule has 0 unspecified atom stereocenters. The van der Waals surface area contributed by atoms with Crippen LogP contribution >= 0.6 is 34.8 Å². The number of nitrogens with two attached hydrogens (primary N) is 1. The average Bonchev–Trinajstić information content (AvgIpc) is 2.58. The van der Waals surface area contributed by atoms with E-state index in [4.69, 9.17) is 40.5 Å². The lowest BCUT2D eigenvalue weighted by atomic mass is 10.2. The number of anilines is 5. The molecule has 0 aliphatic heterocycles. The van der Waals surface area contributed by atoms with Gasteiger partial charge < -0.3 is 16.4 Å². The summed E-state index contributed by atoms with van der Waals surface area (Å²) in [5.74, 6) is 0.877. The standard InChI is InChI=1S/C17H14Cl3N5/c1-9-11(19)3-2-4-13(9)24-16-15(21)17(23-8-22-16)25-14-7-10(18)5-6-12(14)20/h2-8H,21H2,1H3,(H2,22,23,24,25). The molecule has 3 aromatic rings. The van der Waals surface area contributed by atoms with Crippen molar-refractivity contribution in [3.05, 3.63) is 63.4 Å². The van der Waals surface area contributed by atoms with Gasteiger partial charge in [-0.05, 0) is 42.8 Å². The summed E-state index contributed by atoms with van der Waals surface area (Å²) in [4.78, 5) is 8.37. The number of nitrogens with one attached hydrogen (secondary N) is 2. The zero-order valence-corrected chi connectivity index (χ0v) is 15.4. The summed E-state index contributed by atoms with van der Waals surface area (Å²) in [5.41, 5.74) is 8.85. The number of nitrogens with zero attached hydrogens (tertiary/aromatic N) is 2. The highest BCUT2D eigenvalue weighted by molar-refractivity contribution is 6.35. The summed E-state index contributed by atoms with van der Waals surface area (Å²) in [6, 6.07) is 10.6. The Kier molecular flexibility index (Phi) is 5.18. The van der Waals surface area contributed by atoms with Crippen LogP contribution in [0.3, 0.4) is 0 Å². The van der Waals surface area contributed by atoms with Gasteiger partial charge in [0.05, 0.1) is 10.7 Å². The molecule has 0 fully saturated rings. The molecule has 128 valence electrons. The van der Waals surface area contributed by atoms with Gasteiger partial charge in [0.15, 0.2) is 11.6 Å². The lowest BCUT2D eigenvalue weighted by Crippen LogP contribution is -2.06. The molecule has 1 heterocycles. The summed E-state index contributed by atoms with van der Waals surface area (Å²) < 4.78 is 0. The van der Waals surface area contributed by atoms with E-state index >= 15 is 0 Å². The Morgan fingerprint density at radius 1 is 0.880 bits per heavy atom. The van der Waals surface area contributed by atoms with Crippen LogP contribution in [0.4, 0.5) is 28.7 Å². The predicted octanol–water partition coefficient (Wildman–Crippen LogP) is 5.81. The second kappa shape index (κ2) is 7.35. The normalized spacial score (nSPS) is 10.6. The van der Waals surface area contributed by atoms with Gasteiger partial charge in [-0.15, -0.1) is 0 Å². The molecule has 0 aliphatic rings. The van der Waals surface area contributed by atoms with E-state index in [0.717, 1.165) is 11.3 Å². The zero-order chi connectivity index (χ0) is 18.0. The van der Waals surface area contributed by atoms with Crippen LogP contribution in [0, 0.1) is 6.92 Å². The van der Waals surface area contributed by atoms with Gasteiger partial charge in [0.2, 0.25) is 0 Å². The molecule has 0 bridgehead atoms. The maximum Gasteiger partial charge on any atom is 0.159 e. The van der Waals surface area contributed by atoms with E-state index in [0.29, 0.717) is 38.1 Å². The molecule has 4 N–H and O–H groups in total. The van der Waals surface area contributed by atoms with Crippen molar-refractivity contribution in [1.29, 1.82) is 0 Å². The van der Waals surface area contributed by atoms with Crippen molar-refractivity contribution in [2.45, 2.75) is 6.92 Å². The first-order valence-electron chi connectivity index (χ1n) is 7.30. The first-order valence-corrected chi connectivity index (χ1v) is 8.44. The van der Waals surface area contributed by atoms with E-state index in [1.54, 1.807) is 18.2 Å². The van der Waals surface area contributed by atoms with E-state index in [9.17, 15) is 0 Å². The molecule has 0 saturated heterocycles. The van der Waals surface area contributed by atoms with Crippen LogP contribution in [-0.2, 0) is 0 Å². The molecule has 8 heteroatoms. The van der Waals surface area contributed by atoms with Crippen LogP contribution in [0.25, 0.3) is 0 Å². The Morgan fingerprint density at radius 3 is 2.28 bits per heavy atom. The maximum absolute atomic E-state index is 6.20. The monoisotopic (exact) mass is 393 g/mol. The summed E-state index contributed by atoms with van der Waals surface area (Å²) >= 11 is 18.3. The topological polar surface area (TPSA) is 75.9 Å². The highest BCUT2D eigenvalue weighted by Crippen LogP contribution is 2.33. The Morgan fingerprint density at radius 2 is 1.56 bits per heavy atom. The van der Waals surface area contributed by atoms with Crippen LogP contribution < -0.4 is 16.4 Å². The zero-order valence-electron chi connectivity index (χ0n) is 13.1. The summed E-state index contributed by atoms with van der Waals surface area (Å²) in [6.45, 7) is 1.91. The predicted molar refractivity (Wildman–Crippen MR) is 106 cm³/mol. The average molecular weight is 395 g/mol. The quantitative estimate of drug-likeness (QED) is 0.520. The minimum Gasteiger partial charge on any atom is -0.393 e. The number of rotatable bonds is 4. The Labute approximate surface area is 160 Å². The fraction of sp³-hybridized carbons (Fsp3) is 0.0588. The van der Waals surface area contributed by atoms with Crippen LogP contribution in [0.2, 0.25) is 15.1 Å². The Hall–Kier alpha value is -2.21. The van der Waals surface area contributed by atoms with Gasteiger partial charge >= 0.3 is 0 Å². The maximum atomic E-state index is 6.20. The molecule has 0 saturated carbocycles. The number of hydrogen-bond acceptors (Lipinski definition) is 5. The number of aromatic nitrogens is 2. The van der Waals surface area contributed by atoms with Gasteiger partial charge in [-0.1, -0.05) is 40.9 Å². The highest BCUT2D eigenvalue weighted by atomic mass is 35.5. The van der Waals surface area contributed by atoms with E-state index in [1.165, 1.54) is 6.33 Å². The third kappa shape index (κ3) is 3.90. The van der Waals surface area contributed by atoms with Gasteiger partial charge in [0.25, 0.3) is 0 Å². The molecule has 25 heavy (non-hydrogen) atoms. The molecule has 2 aromatic carbocycles. The van der Waals surface area contributed by atoms with Crippen molar-refractivity contribution in [2.24, 2.45) is 0 Å². The Balaban J connectivity index is 1.92. The second-order valence-electron chi connectivity index (χ2n) is 5.27. The fourth-order valence-corrected chi connectivity index (χ4v) is 2.70. The number of halogens is 3. The smallest absolute Gasteiger partial charge is 0.159 e. The van der Waals surface area contributed by atoms with Gasteiger partial charge in [0.1, 0.15) is 12.0 Å². The van der Waals surface area contributed by atoms with Crippen LogP contribution in [0.1, 0.15) is 5.56 Å². The van der Waals surface area contributed by atoms with Crippen molar-refractivity contribution in [1.82, 2.24) is 9.97 Å². The molecular weight excluding hydrogens is 381 g/mol. The minimum absolute atomic E-state index is 0.345. The molecule has 3 rings (SSSR count). The molecule has 0 aliphatic carbocycles. The summed E-state index contributed by atoms with van der Waals surface area (Å²) in [7, 11) is 0. The third-order valence-electron chi connectivity index (χ3n) is 3.59. The van der Waals surface area contributed by atoms with E-state index in [-0.39, 0.29) is 0 Å². The van der Waals surface area contributed by atoms with Crippen molar-refractivity contribution in [2.75, 3.05) is 16.4 Å². The van der Waals surface area contributed by atoms with Gasteiger partial charge in [0, 0.05) is 15.7 Å². The van der Waals surface area contributed by atoms with Gasteiger partial charge in [-0.3, -0.25) is 0 Å². The van der Waals surface area contributed by atoms with Crippen molar-refractivity contribution in [3.63, 3.8) is 0 Å². The lowest BCUT2D eigenvalue weighted by molar-refractivity contribution is 1.17. The molecule has 0 radical (unpaired) electrons. The molecule has 0 amide bonds. The summed E-state index contributed by atoms with van der Waals surface area (Å²) in [6.07, 6.45) is 1.40. The van der Waals surface area contributed by atoms with Gasteiger partial charge in [-0.25, -0.2) is 9.97 Å². The van der Waals surface area contributed by atoms with Crippen molar-refractivity contribution < 1.29 is 0 Å². The number of hydrogen-bond donors (Lipinski definition) is 3.